The number of alkyl carbamates (subject to hydrolysis) is 1. The fraction of sp³-hybridized carbons (Fsp3) is 0.621. The highest BCUT2D eigenvalue weighted by molar-refractivity contribution is 5.69. The molecule has 0 bridgehead atoms. The molecule has 0 aromatic heterocycles. The van der Waals surface area contributed by atoms with Gasteiger partial charge < -0.3 is 38.8 Å². The zero-order chi connectivity index (χ0) is 31.1. The lowest BCUT2D eigenvalue weighted by Gasteiger charge is -2.48. The number of hydrogen-bond acceptors (Lipinski definition) is 12. The van der Waals surface area contributed by atoms with E-state index in [0.29, 0.717) is 25.8 Å². The smallest absolute Gasteiger partial charge is 0.407 e. The summed E-state index contributed by atoms with van der Waals surface area (Å²) in [4.78, 5) is 59.0. The molecule has 13 nitrogen and oxygen atoms in total. The van der Waals surface area contributed by atoms with E-state index in [1.807, 2.05) is 30.3 Å². The molecule has 1 aromatic carbocycles. The molecule has 42 heavy (non-hydrogen) atoms. The van der Waals surface area contributed by atoms with E-state index in [1.54, 1.807) is 0 Å². The summed E-state index contributed by atoms with van der Waals surface area (Å²) in [5.74, 6) is -5.10. The number of benzene rings is 1. The second-order valence-electron chi connectivity index (χ2n) is 9.99. The van der Waals surface area contributed by atoms with Crippen molar-refractivity contribution in [3.63, 3.8) is 0 Å². The molecule has 1 aromatic rings. The fourth-order valence-electron chi connectivity index (χ4n) is 4.56. The van der Waals surface area contributed by atoms with Crippen molar-refractivity contribution < 1.29 is 57.5 Å². The molecule has 2 N–H and O–H groups in total. The molecular formula is C29H41NO12. The van der Waals surface area contributed by atoms with Gasteiger partial charge in [-0.05, 0) is 18.4 Å². The van der Waals surface area contributed by atoms with Gasteiger partial charge in [0.15, 0.2) is 18.3 Å². The van der Waals surface area contributed by atoms with Crippen LogP contribution in [0.3, 0.4) is 0 Å². The summed E-state index contributed by atoms with van der Waals surface area (Å²) in [6, 6.07) is 9.35. The quantitative estimate of drug-likeness (QED) is 0.173. The number of carbonyl (C=O) groups excluding carboxylic acids is 5. The highest BCUT2D eigenvalue weighted by Crippen LogP contribution is 2.37. The zero-order valence-corrected chi connectivity index (χ0v) is 24.5. The predicted molar refractivity (Wildman–Crippen MR) is 145 cm³/mol. The molecule has 1 fully saturated rings. The lowest BCUT2D eigenvalue weighted by atomic mass is 9.88. The molecular weight excluding hydrogens is 554 g/mol. The maximum atomic E-state index is 11.9. The van der Waals surface area contributed by atoms with Gasteiger partial charge in [-0.1, -0.05) is 49.6 Å². The molecule has 0 saturated carbocycles. The van der Waals surface area contributed by atoms with Crippen molar-refractivity contribution in [2.75, 3.05) is 13.2 Å². The molecule has 1 aliphatic heterocycles. The van der Waals surface area contributed by atoms with Crippen LogP contribution in [0, 0.1) is 0 Å². The molecule has 0 spiro atoms. The average Bonchev–Trinajstić information content (AvgIpc) is 2.91. The van der Waals surface area contributed by atoms with Crippen LogP contribution in [0.15, 0.2) is 30.3 Å². The number of esters is 4. The van der Waals surface area contributed by atoms with E-state index < -0.39 is 66.8 Å². The molecule has 2 rings (SSSR count). The van der Waals surface area contributed by atoms with Crippen LogP contribution in [0.5, 0.6) is 0 Å². The third-order valence-electron chi connectivity index (χ3n) is 6.33. The van der Waals surface area contributed by atoms with Crippen LogP contribution in [0.2, 0.25) is 0 Å². The van der Waals surface area contributed by atoms with Crippen LogP contribution in [-0.4, -0.2) is 78.4 Å². The predicted octanol–water partition coefficient (Wildman–Crippen LogP) is 2.70. The van der Waals surface area contributed by atoms with Gasteiger partial charge in [0.2, 0.25) is 5.79 Å². The Kier molecular flexibility index (Phi) is 14.2. The van der Waals surface area contributed by atoms with Crippen LogP contribution < -0.4 is 5.32 Å². The second kappa shape index (κ2) is 17.3. The van der Waals surface area contributed by atoms with Gasteiger partial charge in [-0.3, -0.25) is 19.2 Å². The topological polar surface area (TPSA) is 173 Å². The molecule has 5 atom stereocenters. The second-order valence-corrected chi connectivity index (χ2v) is 9.99. The lowest BCUT2D eigenvalue weighted by molar-refractivity contribution is -0.354. The summed E-state index contributed by atoms with van der Waals surface area (Å²) >= 11 is 0. The van der Waals surface area contributed by atoms with Gasteiger partial charge in [-0.2, -0.15) is 0 Å². The van der Waals surface area contributed by atoms with Crippen LogP contribution in [0.25, 0.3) is 0 Å². The fourth-order valence-corrected chi connectivity index (χ4v) is 4.56. The van der Waals surface area contributed by atoms with E-state index in [-0.39, 0.29) is 13.0 Å². The standard InChI is InChI=1S/C29H41NO12/c1-19(31)37-18-24-25(39-20(2)32)26(40-21(3)33)27(41-22(4)34)29(36,42-24)15-11-6-5-7-12-16-30-28(35)38-17-23-13-9-8-10-14-23/h8-10,13-14,24-27,36H,5-7,11-12,15-18H2,1-4H3,(H,30,35)/t24-,25-,26+,27+,29+/m1/s1. The summed E-state index contributed by atoms with van der Waals surface area (Å²) in [6.45, 7) is 4.73. The Labute approximate surface area is 245 Å². The van der Waals surface area contributed by atoms with E-state index in [9.17, 15) is 29.1 Å². The number of ether oxygens (including phenoxy) is 6. The Morgan fingerprint density at radius 2 is 1.38 bits per heavy atom. The van der Waals surface area contributed by atoms with Crippen LogP contribution in [0.4, 0.5) is 4.79 Å². The van der Waals surface area contributed by atoms with E-state index in [2.05, 4.69) is 5.32 Å². The summed E-state index contributed by atoms with van der Waals surface area (Å²) in [6.07, 6.45) is -2.70. The maximum Gasteiger partial charge on any atom is 0.407 e. The molecule has 1 amide bonds. The summed E-state index contributed by atoms with van der Waals surface area (Å²) in [5.41, 5.74) is 0.894. The highest BCUT2D eigenvalue weighted by atomic mass is 16.7. The van der Waals surface area contributed by atoms with Crippen LogP contribution >= 0.6 is 0 Å². The van der Waals surface area contributed by atoms with Gasteiger partial charge in [-0.25, -0.2) is 4.79 Å². The zero-order valence-electron chi connectivity index (χ0n) is 24.5. The summed E-state index contributed by atoms with van der Waals surface area (Å²) in [7, 11) is 0. The van der Waals surface area contributed by atoms with Gasteiger partial charge in [-0.15, -0.1) is 0 Å². The summed E-state index contributed by atoms with van der Waals surface area (Å²) in [5, 5.41) is 14.3. The largest absolute Gasteiger partial charge is 0.463 e. The van der Waals surface area contributed by atoms with Crippen molar-refractivity contribution in [3.05, 3.63) is 35.9 Å². The minimum absolute atomic E-state index is 0.0316. The number of hydrogen-bond donors (Lipinski definition) is 2. The van der Waals surface area contributed by atoms with Gasteiger partial charge in [0.25, 0.3) is 0 Å². The van der Waals surface area contributed by atoms with Crippen LogP contribution in [0.1, 0.15) is 71.8 Å². The number of aliphatic hydroxyl groups is 1. The molecule has 0 radical (unpaired) electrons. The number of amides is 1. The Morgan fingerprint density at radius 1 is 0.786 bits per heavy atom. The number of unbranched alkanes of at least 4 members (excludes halogenated alkanes) is 4. The molecule has 0 aliphatic carbocycles. The number of carbonyl (C=O) groups is 5. The first-order valence-electron chi connectivity index (χ1n) is 13.9. The van der Waals surface area contributed by atoms with E-state index >= 15 is 0 Å². The van der Waals surface area contributed by atoms with Crippen molar-refractivity contribution in [1.82, 2.24) is 5.32 Å². The Hall–Kier alpha value is -3.71. The first kappa shape index (κ1) is 34.5. The molecule has 1 saturated heterocycles. The third kappa shape index (κ3) is 12.0. The van der Waals surface area contributed by atoms with Crippen molar-refractivity contribution >= 4 is 30.0 Å². The van der Waals surface area contributed by atoms with Crippen molar-refractivity contribution in [2.45, 2.75) is 103 Å². The summed E-state index contributed by atoms with van der Waals surface area (Å²) < 4.78 is 32.1. The molecule has 13 heteroatoms. The molecule has 1 aliphatic rings. The minimum atomic E-state index is -2.14. The molecule has 1 heterocycles. The van der Waals surface area contributed by atoms with E-state index in [0.717, 1.165) is 39.2 Å². The third-order valence-corrected chi connectivity index (χ3v) is 6.33. The van der Waals surface area contributed by atoms with Gasteiger partial charge in [0, 0.05) is 40.7 Å². The minimum Gasteiger partial charge on any atom is -0.463 e. The Balaban J connectivity index is 1.93. The van der Waals surface area contributed by atoms with Crippen molar-refractivity contribution in [1.29, 1.82) is 0 Å². The van der Waals surface area contributed by atoms with E-state index in [1.165, 1.54) is 6.92 Å². The monoisotopic (exact) mass is 595 g/mol. The maximum absolute atomic E-state index is 11.9. The average molecular weight is 596 g/mol. The van der Waals surface area contributed by atoms with Crippen LogP contribution in [-0.2, 0) is 54.2 Å². The molecule has 0 unspecified atom stereocenters. The Morgan fingerprint density at radius 3 is 2.00 bits per heavy atom. The first-order chi connectivity index (χ1) is 19.9. The number of nitrogens with one attached hydrogen (secondary N) is 1. The molecule has 234 valence electrons. The SMILES string of the molecule is CC(=O)OC[C@H]1O[C@@](O)(CCCCCCCNC(=O)OCc2ccccc2)[C@@H](OC(C)=O)[C@@H](OC(C)=O)[C@@H]1OC(C)=O. The van der Waals surface area contributed by atoms with Crippen molar-refractivity contribution in [2.24, 2.45) is 0 Å². The lowest BCUT2D eigenvalue weighted by Crippen LogP contribution is -2.68. The highest BCUT2D eigenvalue weighted by Gasteiger charge is 2.59. The van der Waals surface area contributed by atoms with Gasteiger partial charge in [0.1, 0.15) is 19.3 Å². The van der Waals surface area contributed by atoms with Crippen molar-refractivity contribution in [3.8, 4) is 0 Å². The van der Waals surface area contributed by atoms with Gasteiger partial charge >= 0.3 is 30.0 Å². The normalized spacial score (nSPS) is 23.3. The van der Waals surface area contributed by atoms with Gasteiger partial charge in [0.05, 0.1) is 0 Å². The number of rotatable bonds is 15. The Bertz CT molecular complexity index is 1050. The van der Waals surface area contributed by atoms with E-state index in [4.69, 9.17) is 28.4 Å². The first-order valence-corrected chi connectivity index (χ1v) is 13.9.